The van der Waals surface area contributed by atoms with Gasteiger partial charge < -0.3 is 5.43 Å². The van der Waals surface area contributed by atoms with Crippen LogP contribution in [-0.2, 0) is 0 Å². The molecule has 0 radical (unpaired) electrons. The lowest BCUT2D eigenvalue weighted by molar-refractivity contribution is 0.970. The number of aromatic nitrogens is 1. The molecule has 14 heavy (non-hydrogen) atoms. The summed E-state index contributed by atoms with van der Waals surface area (Å²) in [6, 6.07) is 2.20. The van der Waals surface area contributed by atoms with E-state index in [0.717, 1.165) is 18.4 Å². The topological polar surface area (TPSA) is 63.3 Å². The Labute approximate surface area is 87.2 Å². The quantitative estimate of drug-likeness (QED) is 0.333. The van der Waals surface area contributed by atoms with Crippen molar-refractivity contribution in [3.8, 4) is 0 Å². The molecule has 1 saturated carbocycles. The van der Waals surface area contributed by atoms with Gasteiger partial charge in [0.2, 0.25) is 0 Å². The van der Waals surface area contributed by atoms with Crippen LogP contribution in [0.25, 0.3) is 0 Å². The zero-order valence-corrected chi connectivity index (χ0v) is 8.33. The maximum atomic E-state index is 5.96. The Morgan fingerprint density at radius 3 is 3.00 bits per heavy atom. The van der Waals surface area contributed by atoms with E-state index in [9.17, 15) is 0 Å². The molecule has 0 bridgehead atoms. The van der Waals surface area contributed by atoms with E-state index in [-0.39, 0.29) is 0 Å². The molecule has 0 amide bonds. The monoisotopic (exact) mass is 210 g/mol. The van der Waals surface area contributed by atoms with Crippen molar-refractivity contribution in [1.29, 1.82) is 0 Å². The lowest BCUT2D eigenvalue weighted by Crippen LogP contribution is -2.31. The molecule has 0 aliphatic heterocycles. The van der Waals surface area contributed by atoms with Gasteiger partial charge >= 0.3 is 0 Å². The normalized spacial score (nSPS) is 16.9. The molecule has 74 valence electrons. The van der Waals surface area contributed by atoms with Gasteiger partial charge in [0.25, 0.3) is 0 Å². The van der Waals surface area contributed by atoms with Crippen molar-refractivity contribution in [3.63, 3.8) is 0 Å². The Bertz CT molecular complexity index is 360. The number of rotatable bonds is 2. The Morgan fingerprint density at radius 2 is 2.43 bits per heavy atom. The van der Waals surface area contributed by atoms with Crippen molar-refractivity contribution >= 4 is 17.4 Å². The lowest BCUT2D eigenvalue weighted by Gasteiger charge is -2.06. The summed E-state index contributed by atoms with van der Waals surface area (Å²) in [4.78, 5) is 8.31. The fraction of sp³-hybridized carbons (Fsp3) is 0.333. The van der Waals surface area contributed by atoms with Crippen molar-refractivity contribution in [2.45, 2.75) is 18.9 Å². The summed E-state index contributed by atoms with van der Waals surface area (Å²) in [5, 5.41) is 0.560. The molecule has 1 aliphatic carbocycles. The number of hydrogen-bond donors (Lipinski definition) is 2. The lowest BCUT2D eigenvalue weighted by atomic mass is 10.2. The van der Waals surface area contributed by atoms with Gasteiger partial charge in [0.15, 0.2) is 0 Å². The van der Waals surface area contributed by atoms with Crippen molar-refractivity contribution in [1.82, 2.24) is 10.4 Å². The number of nitrogens with one attached hydrogen (secondary N) is 1. The van der Waals surface area contributed by atoms with Crippen molar-refractivity contribution in [3.05, 3.63) is 29.0 Å². The van der Waals surface area contributed by atoms with Crippen LogP contribution in [0.3, 0.4) is 0 Å². The van der Waals surface area contributed by atoms with Crippen LogP contribution in [-0.4, -0.2) is 16.9 Å². The third kappa shape index (κ3) is 2.02. The molecule has 4 nitrogen and oxygen atoms in total. The molecule has 0 aromatic carbocycles. The number of pyridine rings is 1. The van der Waals surface area contributed by atoms with Crippen LogP contribution in [0.2, 0.25) is 5.02 Å². The standard InChI is InChI=1S/C9H11ClN4/c10-8-5-12-4-3-7(8)9(14-11)13-6-1-2-6/h3-6H,1-2,11H2,(H,13,14). The van der Waals surface area contributed by atoms with E-state index in [4.69, 9.17) is 17.4 Å². The molecule has 1 heterocycles. The molecule has 0 atom stereocenters. The number of nitrogens with zero attached hydrogens (tertiary/aromatic N) is 2. The molecule has 1 aromatic rings. The van der Waals surface area contributed by atoms with Gasteiger partial charge in [-0.1, -0.05) is 11.6 Å². The highest BCUT2D eigenvalue weighted by Crippen LogP contribution is 2.25. The molecular formula is C9H11ClN4. The third-order valence-electron chi connectivity index (χ3n) is 2.02. The van der Waals surface area contributed by atoms with E-state index < -0.39 is 0 Å². The molecule has 0 spiro atoms. The van der Waals surface area contributed by atoms with Crippen LogP contribution in [0.5, 0.6) is 0 Å². The first-order valence-corrected chi connectivity index (χ1v) is 4.83. The van der Waals surface area contributed by atoms with Gasteiger partial charge in [-0.15, -0.1) is 0 Å². The molecule has 1 fully saturated rings. The van der Waals surface area contributed by atoms with Gasteiger partial charge in [-0.3, -0.25) is 9.98 Å². The average molecular weight is 211 g/mol. The highest BCUT2D eigenvalue weighted by atomic mass is 35.5. The second kappa shape index (κ2) is 3.94. The zero-order chi connectivity index (χ0) is 9.97. The Balaban J connectivity index is 2.30. The van der Waals surface area contributed by atoms with Crippen LogP contribution in [0.15, 0.2) is 23.5 Å². The van der Waals surface area contributed by atoms with Crippen LogP contribution >= 0.6 is 11.6 Å². The van der Waals surface area contributed by atoms with Gasteiger partial charge in [-0.25, -0.2) is 5.84 Å². The molecule has 1 aromatic heterocycles. The molecule has 5 heteroatoms. The maximum absolute atomic E-state index is 5.96. The summed E-state index contributed by atoms with van der Waals surface area (Å²) in [6.07, 6.45) is 5.51. The third-order valence-corrected chi connectivity index (χ3v) is 2.32. The number of aliphatic imine (C=N–C) groups is 1. The predicted octanol–water partition coefficient (Wildman–Crippen LogP) is 1.11. The smallest absolute Gasteiger partial charge is 0.144 e. The summed E-state index contributed by atoms with van der Waals surface area (Å²) in [5.74, 6) is 6.03. The Morgan fingerprint density at radius 1 is 1.64 bits per heavy atom. The first-order chi connectivity index (χ1) is 6.81. The number of nitrogens with two attached hydrogens (primary N) is 1. The number of halogens is 1. The number of hydrazine groups is 1. The zero-order valence-electron chi connectivity index (χ0n) is 7.57. The Kier molecular flexibility index (Phi) is 2.65. The van der Waals surface area contributed by atoms with Crippen molar-refractivity contribution in [2.75, 3.05) is 0 Å². The summed E-state index contributed by atoms with van der Waals surface area (Å²) in [6.45, 7) is 0. The minimum atomic E-state index is 0.408. The first kappa shape index (κ1) is 9.43. The molecule has 1 aliphatic rings. The molecule has 0 saturated heterocycles. The van der Waals surface area contributed by atoms with Gasteiger partial charge in [0.05, 0.1) is 11.1 Å². The van der Waals surface area contributed by atoms with Gasteiger partial charge in [0, 0.05) is 18.0 Å². The SMILES string of the molecule is NNC(=NC1CC1)c1ccncc1Cl. The van der Waals surface area contributed by atoms with Crippen LogP contribution in [0.4, 0.5) is 0 Å². The van der Waals surface area contributed by atoms with E-state index >= 15 is 0 Å². The highest BCUT2D eigenvalue weighted by Gasteiger charge is 2.21. The number of amidine groups is 1. The molecule has 2 rings (SSSR count). The first-order valence-electron chi connectivity index (χ1n) is 4.45. The predicted molar refractivity (Wildman–Crippen MR) is 56.1 cm³/mol. The summed E-state index contributed by atoms with van der Waals surface area (Å²) < 4.78 is 0. The summed E-state index contributed by atoms with van der Waals surface area (Å²) in [5.41, 5.74) is 3.37. The van der Waals surface area contributed by atoms with E-state index in [1.165, 1.54) is 0 Å². The minimum Gasteiger partial charge on any atom is -0.308 e. The van der Waals surface area contributed by atoms with Crippen LogP contribution < -0.4 is 11.3 Å². The van der Waals surface area contributed by atoms with Crippen molar-refractivity contribution in [2.24, 2.45) is 10.8 Å². The summed E-state index contributed by atoms with van der Waals surface area (Å²) in [7, 11) is 0. The average Bonchev–Trinajstić information content (AvgIpc) is 2.99. The summed E-state index contributed by atoms with van der Waals surface area (Å²) >= 11 is 5.96. The molecule has 3 N–H and O–H groups in total. The highest BCUT2D eigenvalue weighted by molar-refractivity contribution is 6.34. The fourth-order valence-electron chi connectivity index (χ4n) is 1.14. The van der Waals surface area contributed by atoms with Gasteiger partial charge in [0.1, 0.15) is 5.84 Å². The van der Waals surface area contributed by atoms with Crippen LogP contribution in [0, 0.1) is 0 Å². The molecule has 0 unspecified atom stereocenters. The van der Waals surface area contributed by atoms with E-state index in [0.29, 0.717) is 16.9 Å². The van der Waals surface area contributed by atoms with Gasteiger partial charge in [-0.2, -0.15) is 0 Å². The maximum Gasteiger partial charge on any atom is 0.144 e. The largest absolute Gasteiger partial charge is 0.308 e. The second-order valence-corrected chi connectivity index (χ2v) is 3.62. The minimum absolute atomic E-state index is 0.408. The van der Waals surface area contributed by atoms with Crippen LogP contribution in [0.1, 0.15) is 18.4 Å². The van der Waals surface area contributed by atoms with E-state index in [1.54, 1.807) is 18.5 Å². The fourth-order valence-corrected chi connectivity index (χ4v) is 1.35. The van der Waals surface area contributed by atoms with Gasteiger partial charge in [-0.05, 0) is 18.9 Å². The number of hydrogen-bond acceptors (Lipinski definition) is 3. The van der Waals surface area contributed by atoms with E-state index in [2.05, 4.69) is 15.4 Å². The van der Waals surface area contributed by atoms with Crippen molar-refractivity contribution < 1.29 is 0 Å². The second-order valence-electron chi connectivity index (χ2n) is 3.21. The Hall–Kier alpha value is -1.13. The van der Waals surface area contributed by atoms with E-state index in [1.807, 2.05) is 0 Å². The molecular weight excluding hydrogens is 200 g/mol.